The Balaban J connectivity index is 0.000000293. The maximum absolute atomic E-state index is 11.7. The minimum absolute atomic E-state index is 0.111. The molecule has 2 saturated heterocycles. The summed E-state index contributed by atoms with van der Waals surface area (Å²) < 4.78 is 5.24. The maximum Gasteiger partial charge on any atom is 0.410 e. The number of ether oxygens (including phenoxy) is 1. The van der Waals surface area contributed by atoms with E-state index in [4.69, 9.17) is 21.4 Å². The van der Waals surface area contributed by atoms with Gasteiger partial charge in [0.2, 0.25) is 5.24 Å². The molecule has 2 N–H and O–H groups in total. The second-order valence-electron chi connectivity index (χ2n) is 7.43. The summed E-state index contributed by atoms with van der Waals surface area (Å²) in [4.78, 5) is 34.6. The lowest BCUT2D eigenvalue weighted by Crippen LogP contribution is -2.42. The van der Waals surface area contributed by atoms with Crippen LogP contribution < -0.4 is 5.32 Å². The van der Waals surface area contributed by atoms with Crippen LogP contribution in [0, 0.1) is 11.8 Å². The van der Waals surface area contributed by atoms with E-state index in [2.05, 4.69) is 5.32 Å². The first-order valence-corrected chi connectivity index (χ1v) is 9.08. The van der Waals surface area contributed by atoms with E-state index in [1.165, 1.54) is 0 Å². The molecule has 2 fully saturated rings. The molecule has 2 aliphatic rings. The number of likely N-dealkylation sites (tertiary alicyclic amines) is 1. The van der Waals surface area contributed by atoms with Crippen molar-refractivity contribution in [2.45, 2.75) is 52.1 Å². The molecule has 2 heterocycles. The van der Waals surface area contributed by atoms with Crippen molar-refractivity contribution in [3.8, 4) is 0 Å². The molecule has 25 heavy (non-hydrogen) atoms. The van der Waals surface area contributed by atoms with Gasteiger partial charge in [0, 0.05) is 25.6 Å². The normalized spacial score (nSPS) is 21.8. The molecular formula is C17H29ClN2O5. The quantitative estimate of drug-likeness (QED) is 0.719. The van der Waals surface area contributed by atoms with E-state index in [1.807, 2.05) is 20.8 Å². The molecule has 0 bridgehead atoms. The van der Waals surface area contributed by atoms with Crippen molar-refractivity contribution in [1.82, 2.24) is 10.2 Å². The number of aliphatic carboxylic acids is 1. The van der Waals surface area contributed by atoms with Gasteiger partial charge in [-0.1, -0.05) is 0 Å². The van der Waals surface area contributed by atoms with Crippen LogP contribution in [0.4, 0.5) is 4.79 Å². The van der Waals surface area contributed by atoms with Crippen LogP contribution in [0.3, 0.4) is 0 Å². The zero-order chi connectivity index (χ0) is 19.0. The summed E-state index contributed by atoms with van der Waals surface area (Å²) in [6.45, 7) is 8.20. The van der Waals surface area contributed by atoms with Gasteiger partial charge in [0.15, 0.2) is 0 Å². The van der Waals surface area contributed by atoms with Crippen molar-refractivity contribution >= 4 is 28.9 Å². The molecule has 0 saturated carbocycles. The number of hydrogen-bond donors (Lipinski definition) is 2. The molecule has 144 valence electrons. The van der Waals surface area contributed by atoms with Gasteiger partial charge in [-0.15, -0.1) is 0 Å². The fourth-order valence-corrected chi connectivity index (χ4v) is 2.90. The number of nitrogens with one attached hydrogen (secondary N) is 1. The van der Waals surface area contributed by atoms with E-state index in [9.17, 15) is 14.4 Å². The number of carboxylic acids is 1. The molecular weight excluding hydrogens is 348 g/mol. The zero-order valence-corrected chi connectivity index (χ0v) is 16.0. The number of hydrogen-bond acceptors (Lipinski definition) is 5. The largest absolute Gasteiger partial charge is 0.481 e. The van der Waals surface area contributed by atoms with Crippen LogP contribution in [0.25, 0.3) is 0 Å². The zero-order valence-electron chi connectivity index (χ0n) is 15.2. The minimum Gasteiger partial charge on any atom is -0.481 e. The third-order valence-electron chi connectivity index (χ3n) is 4.11. The topological polar surface area (TPSA) is 95.9 Å². The number of halogens is 1. The van der Waals surface area contributed by atoms with Crippen LogP contribution in [0.2, 0.25) is 0 Å². The Bertz CT molecular complexity index is 464. The van der Waals surface area contributed by atoms with Crippen LogP contribution in [0.1, 0.15) is 46.5 Å². The number of carbonyl (C=O) groups is 3. The van der Waals surface area contributed by atoms with Crippen molar-refractivity contribution in [3.05, 3.63) is 0 Å². The number of carbonyl (C=O) groups excluding carboxylic acids is 2. The van der Waals surface area contributed by atoms with Crippen molar-refractivity contribution in [1.29, 1.82) is 0 Å². The van der Waals surface area contributed by atoms with Crippen molar-refractivity contribution in [2.24, 2.45) is 11.8 Å². The van der Waals surface area contributed by atoms with Gasteiger partial charge in [-0.25, -0.2) is 4.79 Å². The molecule has 0 radical (unpaired) electrons. The lowest BCUT2D eigenvalue weighted by atomic mass is 9.99. The molecule has 1 atom stereocenters. The number of carboxylic acid groups (broad SMARTS) is 1. The van der Waals surface area contributed by atoms with Crippen LogP contribution in [-0.4, -0.2) is 59.1 Å². The average Bonchev–Trinajstić information content (AvgIpc) is 2.55. The summed E-state index contributed by atoms with van der Waals surface area (Å²) in [6.07, 6.45) is 2.77. The monoisotopic (exact) mass is 376 g/mol. The molecule has 0 aromatic heterocycles. The van der Waals surface area contributed by atoms with Crippen molar-refractivity contribution in [3.63, 3.8) is 0 Å². The second-order valence-corrected chi connectivity index (χ2v) is 7.80. The SMILES string of the molecule is CC(C)(C)OC(=O)N1CCC(C(=O)Cl)CC1.O=C(O)C1CCCNC1. The van der Waals surface area contributed by atoms with Crippen molar-refractivity contribution < 1.29 is 24.2 Å². The Kier molecular flexibility index (Phi) is 8.65. The highest BCUT2D eigenvalue weighted by molar-refractivity contribution is 6.63. The summed E-state index contributed by atoms with van der Waals surface area (Å²) in [5, 5.41) is 11.2. The number of nitrogens with zero attached hydrogens (tertiary/aromatic N) is 1. The third-order valence-corrected chi connectivity index (χ3v) is 4.42. The molecule has 1 unspecified atom stereocenters. The van der Waals surface area contributed by atoms with Gasteiger partial charge in [-0.3, -0.25) is 9.59 Å². The number of rotatable bonds is 2. The molecule has 1 amide bonds. The third kappa shape index (κ3) is 8.54. The van der Waals surface area contributed by atoms with Crippen LogP contribution in [0.15, 0.2) is 0 Å². The summed E-state index contributed by atoms with van der Waals surface area (Å²) in [7, 11) is 0. The van der Waals surface area contributed by atoms with Crippen LogP contribution in [0.5, 0.6) is 0 Å². The first kappa shape index (κ1) is 21.7. The molecule has 0 aromatic rings. The molecule has 0 aliphatic carbocycles. The maximum atomic E-state index is 11.7. The van der Waals surface area contributed by atoms with Gasteiger partial charge in [-0.05, 0) is 64.6 Å². The lowest BCUT2D eigenvalue weighted by Gasteiger charge is -2.32. The van der Waals surface area contributed by atoms with Gasteiger partial charge >= 0.3 is 12.1 Å². The molecule has 2 rings (SSSR count). The summed E-state index contributed by atoms with van der Waals surface area (Å²) in [5.74, 6) is -0.915. The Labute approximate surface area is 154 Å². The highest BCUT2D eigenvalue weighted by Gasteiger charge is 2.29. The Morgan fingerprint density at radius 1 is 1.12 bits per heavy atom. The molecule has 0 spiro atoms. The van der Waals surface area contributed by atoms with Gasteiger partial charge in [0.05, 0.1) is 5.92 Å². The van der Waals surface area contributed by atoms with E-state index in [1.54, 1.807) is 4.90 Å². The number of piperidine rings is 2. The van der Waals surface area contributed by atoms with E-state index in [-0.39, 0.29) is 23.2 Å². The lowest BCUT2D eigenvalue weighted by molar-refractivity contribution is -0.142. The first-order chi connectivity index (χ1) is 11.6. The van der Waals surface area contributed by atoms with Gasteiger partial charge in [-0.2, -0.15) is 0 Å². The molecule has 2 aliphatic heterocycles. The van der Waals surface area contributed by atoms with Crippen molar-refractivity contribution in [2.75, 3.05) is 26.2 Å². The van der Waals surface area contributed by atoms with E-state index >= 15 is 0 Å². The highest BCUT2D eigenvalue weighted by atomic mass is 35.5. The fourth-order valence-electron chi connectivity index (χ4n) is 2.68. The second kappa shape index (κ2) is 9.97. The average molecular weight is 377 g/mol. The fraction of sp³-hybridized carbons (Fsp3) is 0.824. The minimum atomic E-state index is -0.665. The van der Waals surface area contributed by atoms with Gasteiger partial charge in [0.25, 0.3) is 0 Å². The molecule has 0 aromatic carbocycles. The van der Waals surface area contributed by atoms with Crippen LogP contribution in [-0.2, 0) is 14.3 Å². The Hall–Kier alpha value is -1.34. The molecule has 7 nitrogen and oxygen atoms in total. The van der Waals surface area contributed by atoms with Gasteiger partial charge < -0.3 is 20.1 Å². The Morgan fingerprint density at radius 3 is 2.08 bits per heavy atom. The van der Waals surface area contributed by atoms with Gasteiger partial charge in [0.1, 0.15) is 5.60 Å². The standard InChI is InChI=1S/C11H18ClNO3.C6H11NO2/c1-11(2,3)16-10(15)13-6-4-8(5-7-13)9(12)14;8-6(9)5-2-1-3-7-4-5/h8H,4-7H2,1-3H3;5,7H,1-4H2,(H,8,9). The highest BCUT2D eigenvalue weighted by Crippen LogP contribution is 2.21. The van der Waals surface area contributed by atoms with E-state index < -0.39 is 11.6 Å². The van der Waals surface area contributed by atoms with E-state index in [0.29, 0.717) is 32.5 Å². The predicted octanol–water partition coefficient (Wildman–Crippen LogP) is 2.47. The van der Waals surface area contributed by atoms with Crippen LogP contribution >= 0.6 is 11.6 Å². The predicted molar refractivity (Wildman–Crippen MR) is 94.6 cm³/mol. The first-order valence-electron chi connectivity index (χ1n) is 8.71. The summed E-state index contributed by atoms with van der Waals surface area (Å²) >= 11 is 5.42. The summed E-state index contributed by atoms with van der Waals surface area (Å²) in [5.41, 5.74) is -0.476. The smallest absolute Gasteiger partial charge is 0.410 e. The summed E-state index contributed by atoms with van der Waals surface area (Å²) in [6, 6.07) is 0. The molecule has 8 heteroatoms. The number of amides is 1. The Morgan fingerprint density at radius 2 is 1.72 bits per heavy atom. The van der Waals surface area contributed by atoms with E-state index in [0.717, 1.165) is 19.4 Å².